The van der Waals surface area contributed by atoms with Crippen molar-refractivity contribution in [1.82, 2.24) is 0 Å². The van der Waals surface area contributed by atoms with E-state index in [1.807, 2.05) is 0 Å². The van der Waals surface area contributed by atoms with E-state index in [2.05, 4.69) is 24.5 Å². The molecule has 11 heavy (non-hydrogen) atoms. The Hall–Kier alpha value is -1.05. The third kappa shape index (κ3) is 6.84. The first-order valence-electron chi connectivity index (χ1n) is 3.30. The van der Waals surface area contributed by atoms with E-state index in [-0.39, 0.29) is 5.97 Å². The number of ether oxygens (including phenoxy) is 1. The molecule has 0 spiro atoms. The topological polar surface area (TPSA) is 26.3 Å². The summed E-state index contributed by atoms with van der Waals surface area (Å²) in [5.41, 5.74) is -0.422. The second-order valence-electron chi connectivity index (χ2n) is 2.82. The van der Waals surface area contributed by atoms with E-state index in [4.69, 9.17) is 0 Å². The van der Waals surface area contributed by atoms with E-state index < -0.39 is 5.41 Å². The summed E-state index contributed by atoms with van der Waals surface area (Å²) >= 11 is 0. The van der Waals surface area contributed by atoms with Gasteiger partial charge >= 0.3 is 5.97 Å². The van der Waals surface area contributed by atoms with Crippen molar-refractivity contribution < 1.29 is 9.53 Å². The number of hydrogen-bond donors (Lipinski definition) is 0. The molecule has 2 heteroatoms. The molecule has 0 atom stereocenters. The van der Waals surface area contributed by atoms with Gasteiger partial charge in [0.25, 0.3) is 0 Å². The molecule has 0 radical (unpaired) electrons. The predicted molar refractivity (Wildman–Crippen MR) is 47.0 cm³/mol. The molecule has 0 fully saturated rings. The van der Waals surface area contributed by atoms with E-state index in [0.717, 1.165) is 6.26 Å². The Morgan fingerprint density at radius 2 is 1.73 bits per heavy atom. The van der Waals surface area contributed by atoms with E-state index >= 15 is 0 Å². The lowest BCUT2D eigenvalue weighted by molar-refractivity contribution is -0.146. The molecule has 0 N–H and O–H groups in total. The molecular formula is C9H16O2. The maximum absolute atomic E-state index is 10.8. The van der Waals surface area contributed by atoms with Gasteiger partial charge in [-0.3, -0.25) is 4.79 Å². The molecule has 2 nitrogen and oxygen atoms in total. The highest BCUT2D eigenvalue weighted by Gasteiger charge is 2.21. The van der Waals surface area contributed by atoms with E-state index in [1.54, 1.807) is 20.8 Å². The minimum atomic E-state index is -0.422. The minimum absolute atomic E-state index is 0.252. The second-order valence-corrected chi connectivity index (χ2v) is 2.82. The third-order valence-corrected chi connectivity index (χ3v) is 0.803. The molecule has 0 aliphatic heterocycles. The molecule has 0 aromatic rings. The van der Waals surface area contributed by atoms with Crippen molar-refractivity contribution in [3.63, 3.8) is 0 Å². The van der Waals surface area contributed by atoms with Gasteiger partial charge in [0.05, 0.1) is 11.7 Å². The Balaban J connectivity index is 0. The van der Waals surface area contributed by atoms with Crippen LogP contribution in [-0.2, 0) is 9.53 Å². The van der Waals surface area contributed by atoms with Crippen molar-refractivity contribution in [2.45, 2.75) is 20.8 Å². The molecule has 0 bridgehead atoms. The van der Waals surface area contributed by atoms with Gasteiger partial charge in [-0.15, -0.1) is 13.2 Å². The number of carbonyl (C=O) groups is 1. The first kappa shape index (κ1) is 12.6. The average molecular weight is 156 g/mol. The highest BCUT2D eigenvalue weighted by atomic mass is 16.5. The van der Waals surface area contributed by atoms with Crippen LogP contribution in [0.2, 0.25) is 0 Å². The number of carbonyl (C=O) groups excluding carboxylic acids is 1. The summed E-state index contributed by atoms with van der Waals surface area (Å²) in [6.45, 7) is 14.6. The lowest BCUT2D eigenvalue weighted by atomic mass is 9.98. The quantitative estimate of drug-likeness (QED) is 0.331. The summed E-state index contributed by atoms with van der Waals surface area (Å²) in [6, 6.07) is 0. The normalized spacial score (nSPS) is 9.00. The van der Waals surface area contributed by atoms with Gasteiger partial charge in [-0.1, -0.05) is 6.58 Å². The zero-order valence-corrected chi connectivity index (χ0v) is 7.52. The lowest BCUT2D eigenvalue weighted by Gasteiger charge is -2.13. The van der Waals surface area contributed by atoms with Crippen LogP contribution in [0, 0.1) is 5.41 Å². The molecular weight excluding hydrogens is 140 g/mol. The molecule has 0 aliphatic carbocycles. The first-order valence-corrected chi connectivity index (χ1v) is 3.30. The average Bonchev–Trinajstić information content (AvgIpc) is 1.91. The largest absolute Gasteiger partial charge is 0.435 e. The van der Waals surface area contributed by atoms with Crippen LogP contribution in [0.1, 0.15) is 20.8 Å². The van der Waals surface area contributed by atoms with Crippen molar-refractivity contribution in [3.05, 3.63) is 26.0 Å². The molecule has 64 valence electrons. The smallest absolute Gasteiger partial charge is 0.316 e. The van der Waals surface area contributed by atoms with Crippen LogP contribution in [0.4, 0.5) is 0 Å². The van der Waals surface area contributed by atoms with Crippen molar-refractivity contribution in [3.8, 4) is 0 Å². The highest BCUT2D eigenvalue weighted by Crippen LogP contribution is 2.14. The fraction of sp³-hybridized carbons (Fsp3) is 0.444. The summed E-state index contributed by atoms with van der Waals surface area (Å²) in [5.74, 6) is -0.252. The van der Waals surface area contributed by atoms with Crippen molar-refractivity contribution in [2.75, 3.05) is 0 Å². The zero-order chi connectivity index (χ0) is 9.49. The van der Waals surface area contributed by atoms with Gasteiger partial charge in [-0.2, -0.15) is 0 Å². The van der Waals surface area contributed by atoms with Crippen LogP contribution in [0.5, 0.6) is 0 Å². The van der Waals surface area contributed by atoms with Crippen LogP contribution in [0.15, 0.2) is 26.0 Å². The maximum Gasteiger partial charge on any atom is 0.316 e. The molecule has 0 saturated carbocycles. The maximum atomic E-state index is 10.8. The Morgan fingerprint density at radius 1 is 1.36 bits per heavy atom. The standard InChI is InChI=1S/C7H12O2.C2H4/c1-5-9-6(8)7(2,3)4;1-2/h5H,1H2,2-4H3;1-2H2. The lowest BCUT2D eigenvalue weighted by Crippen LogP contribution is -2.20. The van der Waals surface area contributed by atoms with Crippen molar-refractivity contribution in [2.24, 2.45) is 5.41 Å². The van der Waals surface area contributed by atoms with Crippen LogP contribution < -0.4 is 0 Å². The van der Waals surface area contributed by atoms with E-state index in [0.29, 0.717) is 0 Å². The number of rotatable bonds is 1. The second kappa shape index (κ2) is 5.71. The molecule has 0 amide bonds. The van der Waals surface area contributed by atoms with Crippen molar-refractivity contribution >= 4 is 5.97 Å². The summed E-state index contributed by atoms with van der Waals surface area (Å²) < 4.78 is 4.53. The number of hydrogen-bond acceptors (Lipinski definition) is 2. The molecule has 0 unspecified atom stereocenters. The number of esters is 1. The molecule has 0 aromatic carbocycles. The summed E-state index contributed by atoms with van der Waals surface area (Å²) in [6.07, 6.45) is 1.15. The Bertz CT molecular complexity index is 131. The van der Waals surface area contributed by atoms with Gasteiger partial charge in [-0.05, 0) is 20.8 Å². The molecule has 0 saturated heterocycles. The van der Waals surface area contributed by atoms with Crippen molar-refractivity contribution in [1.29, 1.82) is 0 Å². The van der Waals surface area contributed by atoms with Gasteiger partial charge in [0.1, 0.15) is 0 Å². The molecule has 0 aromatic heterocycles. The highest BCUT2D eigenvalue weighted by molar-refractivity contribution is 5.75. The summed E-state index contributed by atoms with van der Waals surface area (Å²) in [5, 5.41) is 0. The predicted octanol–water partition coefficient (Wildman–Crippen LogP) is 2.52. The fourth-order valence-corrected chi connectivity index (χ4v) is 0.252. The summed E-state index contributed by atoms with van der Waals surface area (Å²) in [4.78, 5) is 10.8. The van der Waals surface area contributed by atoms with Crippen LogP contribution in [0.25, 0.3) is 0 Å². The zero-order valence-electron chi connectivity index (χ0n) is 7.52. The van der Waals surface area contributed by atoms with Gasteiger partial charge in [0.15, 0.2) is 0 Å². The van der Waals surface area contributed by atoms with Gasteiger partial charge in [0.2, 0.25) is 0 Å². The molecule has 0 heterocycles. The van der Waals surface area contributed by atoms with Gasteiger partial charge in [-0.25, -0.2) is 0 Å². The Kier molecular flexibility index (Phi) is 6.55. The third-order valence-electron chi connectivity index (χ3n) is 0.803. The monoisotopic (exact) mass is 156 g/mol. The van der Waals surface area contributed by atoms with Gasteiger partial charge in [0, 0.05) is 0 Å². The summed E-state index contributed by atoms with van der Waals surface area (Å²) in [7, 11) is 0. The Morgan fingerprint density at radius 3 is 1.82 bits per heavy atom. The Labute approximate surface area is 68.6 Å². The van der Waals surface area contributed by atoms with Crippen LogP contribution in [0.3, 0.4) is 0 Å². The first-order chi connectivity index (χ1) is 4.98. The van der Waals surface area contributed by atoms with Crippen LogP contribution in [-0.4, -0.2) is 5.97 Å². The SMILES string of the molecule is C=C.C=COC(=O)C(C)(C)C. The fourth-order valence-electron chi connectivity index (χ4n) is 0.252. The molecule has 0 rings (SSSR count). The van der Waals surface area contributed by atoms with Gasteiger partial charge < -0.3 is 4.74 Å². The minimum Gasteiger partial charge on any atom is -0.435 e. The van der Waals surface area contributed by atoms with Crippen LogP contribution >= 0.6 is 0 Å². The van der Waals surface area contributed by atoms with E-state index in [1.165, 1.54) is 0 Å². The van der Waals surface area contributed by atoms with E-state index in [9.17, 15) is 4.79 Å². The molecule has 0 aliphatic rings.